The Kier molecular flexibility index (Phi) is 6.71. The van der Waals surface area contributed by atoms with Crippen LogP contribution in [0.5, 0.6) is 0 Å². The third-order valence-electron chi connectivity index (χ3n) is 3.05. The lowest BCUT2D eigenvalue weighted by molar-refractivity contribution is 0.344. The summed E-state index contributed by atoms with van der Waals surface area (Å²) in [6, 6.07) is 1.40. The lowest BCUT2D eigenvalue weighted by Gasteiger charge is -2.25. The third kappa shape index (κ3) is 4.07. The van der Waals surface area contributed by atoms with Crippen LogP contribution in [0.1, 0.15) is 45.8 Å². The topological polar surface area (TPSA) is 76.5 Å². The molecule has 0 saturated heterocycles. The van der Waals surface area contributed by atoms with E-state index in [4.69, 9.17) is 10.2 Å². The number of halogens is 1. The van der Waals surface area contributed by atoms with Gasteiger partial charge in [-0.3, -0.25) is 0 Å². The predicted octanol–water partition coefficient (Wildman–Crippen LogP) is 3.09. The molecule has 0 aromatic carbocycles. The number of nitrogens with two attached hydrogens (primary N) is 1. The van der Waals surface area contributed by atoms with E-state index in [1.165, 1.54) is 10.4 Å². The molecule has 0 spiro atoms. The fourth-order valence-electron chi connectivity index (χ4n) is 1.97. The molecule has 1 aromatic rings. The molecule has 0 unspecified atom stereocenters. The molecule has 116 valence electrons. The van der Waals surface area contributed by atoms with E-state index in [0.717, 1.165) is 19.3 Å². The minimum absolute atomic E-state index is 0.0972. The van der Waals surface area contributed by atoms with Gasteiger partial charge in [0.25, 0.3) is 0 Å². The van der Waals surface area contributed by atoms with Crippen LogP contribution in [0.2, 0.25) is 0 Å². The van der Waals surface area contributed by atoms with Crippen molar-refractivity contribution >= 4 is 26.0 Å². The Morgan fingerprint density at radius 3 is 2.50 bits per heavy atom. The van der Waals surface area contributed by atoms with E-state index in [0.29, 0.717) is 12.3 Å². The summed E-state index contributed by atoms with van der Waals surface area (Å²) < 4.78 is 32.5. The molecule has 0 bridgehead atoms. The average molecular weight is 367 g/mol. The van der Waals surface area contributed by atoms with Gasteiger partial charge < -0.3 is 10.2 Å². The van der Waals surface area contributed by atoms with Gasteiger partial charge in [-0.05, 0) is 36.2 Å². The Balaban J connectivity index is 3.06. The van der Waals surface area contributed by atoms with Gasteiger partial charge >= 0.3 is 0 Å². The van der Waals surface area contributed by atoms with Crippen LogP contribution >= 0.6 is 15.9 Å². The van der Waals surface area contributed by atoms with Crippen molar-refractivity contribution < 1.29 is 12.8 Å². The van der Waals surface area contributed by atoms with E-state index in [1.54, 1.807) is 0 Å². The predicted molar refractivity (Wildman–Crippen MR) is 82.9 cm³/mol. The second-order valence-corrected chi connectivity index (χ2v) is 7.55. The summed E-state index contributed by atoms with van der Waals surface area (Å²) in [5.74, 6) is 0.452. The Bertz CT molecular complexity index is 526. The van der Waals surface area contributed by atoms with Gasteiger partial charge in [-0.2, -0.15) is 4.31 Å². The molecule has 5 nitrogen and oxygen atoms in total. The Morgan fingerprint density at radius 1 is 1.40 bits per heavy atom. The first-order valence-electron chi connectivity index (χ1n) is 6.84. The number of rotatable bonds is 8. The van der Waals surface area contributed by atoms with Gasteiger partial charge in [0.05, 0.1) is 6.54 Å². The Hall–Kier alpha value is -0.370. The molecule has 0 atom stereocenters. The van der Waals surface area contributed by atoms with Gasteiger partial charge in [-0.15, -0.1) is 0 Å². The van der Waals surface area contributed by atoms with Crippen LogP contribution in [-0.4, -0.2) is 25.3 Å². The largest absolute Gasteiger partial charge is 0.452 e. The van der Waals surface area contributed by atoms with E-state index in [2.05, 4.69) is 22.9 Å². The maximum Gasteiger partial charge on any atom is 0.247 e. The number of nitrogens with zero attached hydrogens (tertiary/aromatic N) is 1. The van der Waals surface area contributed by atoms with E-state index in [1.807, 2.05) is 13.8 Å². The highest BCUT2D eigenvalue weighted by molar-refractivity contribution is 9.10. The highest BCUT2D eigenvalue weighted by Gasteiger charge is 2.30. The minimum Gasteiger partial charge on any atom is -0.452 e. The van der Waals surface area contributed by atoms with Crippen molar-refractivity contribution in [2.75, 3.05) is 6.54 Å². The maximum absolute atomic E-state index is 12.7. The van der Waals surface area contributed by atoms with Crippen LogP contribution in [0.15, 0.2) is 20.0 Å². The molecule has 0 radical (unpaired) electrons. The van der Waals surface area contributed by atoms with E-state index in [9.17, 15) is 8.42 Å². The van der Waals surface area contributed by atoms with Crippen molar-refractivity contribution in [3.63, 3.8) is 0 Å². The maximum atomic E-state index is 12.7. The molecule has 20 heavy (non-hydrogen) atoms. The van der Waals surface area contributed by atoms with Crippen molar-refractivity contribution in [2.45, 2.75) is 57.5 Å². The molecule has 0 fully saturated rings. The molecule has 1 aromatic heterocycles. The van der Waals surface area contributed by atoms with E-state index < -0.39 is 10.0 Å². The zero-order chi connectivity index (χ0) is 15.3. The molecule has 0 aliphatic heterocycles. The standard InChI is InChI=1S/C13H23BrN2O3S/c1-4-5-6-7-16(10(2)3)20(17,18)12-8-11(9-15)19-13(12)14/h8,10H,4-7,9,15H2,1-3H3. The van der Waals surface area contributed by atoms with Crippen molar-refractivity contribution in [3.8, 4) is 0 Å². The zero-order valence-corrected chi connectivity index (χ0v) is 14.6. The average Bonchev–Trinajstić information content (AvgIpc) is 2.76. The monoisotopic (exact) mass is 366 g/mol. The quantitative estimate of drug-likeness (QED) is 0.717. The molecule has 1 rings (SSSR count). The summed E-state index contributed by atoms with van der Waals surface area (Å²) in [7, 11) is -3.56. The smallest absolute Gasteiger partial charge is 0.247 e. The van der Waals surface area contributed by atoms with Gasteiger partial charge in [-0.1, -0.05) is 19.8 Å². The SMILES string of the molecule is CCCCCN(C(C)C)S(=O)(=O)c1cc(CN)oc1Br. The van der Waals surface area contributed by atoms with Crippen LogP contribution in [-0.2, 0) is 16.6 Å². The van der Waals surface area contributed by atoms with Crippen molar-refractivity contribution in [2.24, 2.45) is 5.73 Å². The first-order valence-corrected chi connectivity index (χ1v) is 9.08. The van der Waals surface area contributed by atoms with Crippen LogP contribution < -0.4 is 5.73 Å². The minimum atomic E-state index is -3.56. The molecule has 0 saturated carbocycles. The van der Waals surface area contributed by atoms with E-state index >= 15 is 0 Å². The van der Waals surface area contributed by atoms with Crippen LogP contribution in [0, 0.1) is 0 Å². The molecule has 0 aliphatic rings. The number of hydrogen-bond donors (Lipinski definition) is 1. The molecular weight excluding hydrogens is 344 g/mol. The first-order chi connectivity index (χ1) is 9.34. The third-order valence-corrected chi connectivity index (χ3v) is 5.98. The summed E-state index contributed by atoms with van der Waals surface area (Å²) in [4.78, 5) is 0.156. The fourth-order valence-corrected chi connectivity index (χ4v) is 4.61. The molecule has 1 heterocycles. The molecule has 0 amide bonds. The molecule has 7 heteroatoms. The first kappa shape index (κ1) is 17.7. The molecule has 2 N–H and O–H groups in total. The summed E-state index contributed by atoms with van der Waals surface area (Å²) in [6.45, 7) is 6.53. The Morgan fingerprint density at radius 2 is 2.05 bits per heavy atom. The summed E-state index contributed by atoms with van der Waals surface area (Å²) in [5, 5.41) is 0. The van der Waals surface area contributed by atoms with Crippen molar-refractivity contribution in [3.05, 3.63) is 16.5 Å². The van der Waals surface area contributed by atoms with Gasteiger partial charge in [-0.25, -0.2) is 8.42 Å². The molecule has 0 aliphatic carbocycles. The number of furan rings is 1. The fraction of sp³-hybridized carbons (Fsp3) is 0.692. The zero-order valence-electron chi connectivity index (χ0n) is 12.2. The number of hydrogen-bond acceptors (Lipinski definition) is 4. The van der Waals surface area contributed by atoms with Gasteiger partial charge in [0.1, 0.15) is 10.7 Å². The van der Waals surface area contributed by atoms with Crippen LogP contribution in [0.4, 0.5) is 0 Å². The highest BCUT2D eigenvalue weighted by atomic mass is 79.9. The Labute approximate surface area is 129 Å². The van der Waals surface area contributed by atoms with Gasteiger partial charge in [0, 0.05) is 18.7 Å². The second-order valence-electron chi connectivity index (χ2n) is 4.97. The summed E-state index contributed by atoms with van der Waals surface area (Å²) in [6.07, 6.45) is 2.92. The highest BCUT2D eigenvalue weighted by Crippen LogP contribution is 2.29. The van der Waals surface area contributed by atoms with E-state index in [-0.39, 0.29) is 22.2 Å². The summed E-state index contributed by atoms with van der Waals surface area (Å²) in [5.41, 5.74) is 5.49. The molecular formula is C13H23BrN2O3S. The summed E-state index contributed by atoms with van der Waals surface area (Å²) >= 11 is 3.16. The van der Waals surface area contributed by atoms with Gasteiger partial charge in [0.2, 0.25) is 10.0 Å². The lowest BCUT2D eigenvalue weighted by Crippen LogP contribution is -2.37. The van der Waals surface area contributed by atoms with Crippen molar-refractivity contribution in [1.82, 2.24) is 4.31 Å². The van der Waals surface area contributed by atoms with Crippen LogP contribution in [0.25, 0.3) is 0 Å². The van der Waals surface area contributed by atoms with Crippen LogP contribution in [0.3, 0.4) is 0 Å². The number of unbranched alkanes of at least 4 members (excludes halogenated alkanes) is 2. The second kappa shape index (κ2) is 7.59. The lowest BCUT2D eigenvalue weighted by atomic mass is 10.2. The normalized spacial score (nSPS) is 12.6. The number of sulfonamides is 1. The van der Waals surface area contributed by atoms with Crippen molar-refractivity contribution in [1.29, 1.82) is 0 Å². The van der Waals surface area contributed by atoms with Gasteiger partial charge in [0.15, 0.2) is 4.67 Å².